The van der Waals surface area contributed by atoms with Crippen LogP contribution in [0.25, 0.3) is 0 Å². The molecule has 0 saturated carbocycles. The summed E-state index contributed by atoms with van der Waals surface area (Å²) in [4.78, 5) is 13.8. The van der Waals surface area contributed by atoms with E-state index in [9.17, 15) is 17.6 Å². The third-order valence-electron chi connectivity index (χ3n) is 4.38. The molecule has 0 unspecified atom stereocenters. The predicted molar refractivity (Wildman–Crippen MR) is 100 cm³/mol. The monoisotopic (exact) mass is 376 g/mol. The van der Waals surface area contributed by atoms with Crippen molar-refractivity contribution in [3.8, 4) is 0 Å². The van der Waals surface area contributed by atoms with Crippen molar-refractivity contribution in [2.45, 2.75) is 31.9 Å². The number of hydrogen-bond acceptors (Lipinski definition) is 3. The second kappa shape index (κ2) is 7.45. The Hall–Kier alpha value is -2.41. The molecule has 0 aromatic heterocycles. The van der Waals surface area contributed by atoms with E-state index < -0.39 is 21.6 Å². The number of anilines is 2. The molecule has 1 heterocycles. The third-order valence-corrected chi connectivity index (χ3v) is 5.62. The number of carbonyl (C=O) groups excluding carboxylic acids is 1. The maximum Gasteiger partial charge on any atom is 0.237 e. The lowest BCUT2D eigenvalue weighted by Crippen LogP contribution is -2.34. The molecule has 1 N–H and O–H groups in total. The Kier molecular flexibility index (Phi) is 5.27. The van der Waals surface area contributed by atoms with Crippen LogP contribution >= 0.6 is 0 Å². The van der Waals surface area contributed by atoms with Crippen molar-refractivity contribution in [1.82, 2.24) is 0 Å². The molecule has 0 saturated heterocycles. The van der Waals surface area contributed by atoms with Gasteiger partial charge in [-0.25, -0.2) is 12.8 Å². The first-order valence-corrected chi connectivity index (χ1v) is 10.2. The highest BCUT2D eigenvalue weighted by molar-refractivity contribution is 7.91. The summed E-state index contributed by atoms with van der Waals surface area (Å²) in [5, 5.41) is 0. The minimum atomic E-state index is -3.74. The van der Waals surface area contributed by atoms with Gasteiger partial charge in [-0.05, 0) is 42.7 Å². The van der Waals surface area contributed by atoms with Gasteiger partial charge in [-0.2, -0.15) is 0 Å². The first-order chi connectivity index (χ1) is 12.4. The van der Waals surface area contributed by atoms with Crippen LogP contribution in [-0.4, -0.2) is 20.9 Å². The van der Waals surface area contributed by atoms with E-state index in [4.69, 9.17) is 0 Å². The molecule has 0 fully saturated rings. The van der Waals surface area contributed by atoms with Gasteiger partial charge in [-0.3, -0.25) is 9.52 Å². The number of benzene rings is 2. The molecule has 1 aliphatic rings. The molecular weight excluding hydrogens is 355 g/mol. The van der Waals surface area contributed by atoms with E-state index in [0.29, 0.717) is 18.7 Å². The van der Waals surface area contributed by atoms with Gasteiger partial charge in [0.1, 0.15) is 5.82 Å². The topological polar surface area (TPSA) is 66.5 Å². The highest BCUT2D eigenvalue weighted by Gasteiger charge is 2.22. The zero-order valence-electron chi connectivity index (χ0n) is 14.5. The van der Waals surface area contributed by atoms with E-state index in [1.54, 1.807) is 29.2 Å². The fraction of sp³-hybridized carbons (Fsp3) is 0.316. The summed E-state index contributed by atoms with van der Waals surface area (Å²) < 4.78 is 40.9. The van der Waals surface area contributed by atoms with Crippen LogP contribution in [0.2, 0.25) is 0 Å². The zero-order chi connectivity index (χ0) is 18.7. The predicted octanol–water partition coefficient (Wildman–Crippen LogP) is 3.46. The fourth-order valence-corrected chi connectivity index (χ4v) is 4.35. The molecule has 2 aromatic carbocycles. The number of hydrogen-bond donors (Lipinski definition) is 1. The summed E-state index contributed by atoms with van der Waals surface area (Å²) in [5.74, 6) is -0.923. The van der Waals surface area contributed by atoms with E-state index in [-0.39, 0.29) is 11.5 Å². The van der Waals surface area contributed by atoms with Crippen LogP contribution in [0.1, 0.15) is 30.9 Å². The lowest BCUT2D eigenvalue weighted by Gasteiger charge is -2.29. The lowest BCUT2D eigenvalue weighted by atomic mass is 10.0. The van der Waals surface area contributed by atoms with Crippen molar-refractivity contribution in [2.75, 3.05) is 16.2 Å². The third kappa shape index (κ3) is 4.04. The highest BCUT2D eigenvalue weighted by Crippen LogP contribution is 2.30. The Morgan fingerprint density at radius 1 is 1.23 bits per heavy atom. The number of carbonyl (C=O) groups is 1. The van der Waals surface area contributed by atoms with Gasteiger partial charge in [0, 0.05) is 29.9 Å². The molecule has 5 nitrogen and oxygen atoms in total. The summed E-state index contributed by atoms with van der Waals surface area (Å²) in [7, 11) is -3.74. The Bertz CT molecular complexity index is 928. The summed E-state index contributed by atoms with van der Waals surface area (Å²) in [6, 6.07) is 11.0. The average Bonchev–Trinajstić information content (AvgIpc) is 2.61. The molecule has 138 valence electrons. The molecular formula is C19H21FN2O3S. The zero-order valence-corrected chi connectivity index (χ0v) is 15.4. The quantitative estimate of drug-likeness (QED) is 0.869. The fourth-order valence-electron chi connectivity index (χ4n) is 3.15. The molecule has 0 atom stereocenters. The van der Waals surface area contributed by atoms with Crippen molar-refractivity contribution >= 4 is 27.3 Å². The maximum atomic E-state index is 13.7. The molecule has 1 aliphatic heterocycles. The number of amides is 1. The van der Waals surface area contributed by atoms with Gasteiger partial charge in [-0.15, -0.1) is 0 Å². The largest absolute Gasteiger partial charge is 0.312 e. The second-order valence-electron chi connectivity index (χ2n) is 6.30. The van der Waals surface area contributed by atoms with E-state index in [1.165, 1.54) is 18.2 Å². The summed E-state index contributed by atoms with van der Waals surface area (Å²) in [5.41, 5.74) is 2.31. The molecule has 2 aromatic rings. The van der Waals surface area contributed by atoms with Crippen LogP contribution in [0.5, 0.6) is 0 Å². The van der Waals surface area contributed by atoms with E-state index >= 15 is 0 Å². The molecule has 1 amide bonds. The summed E-state index contributed by atoms with van der Waals surface area (Å²) in [6.45, 7) is 2.50. The average molecular weight is 376 g/mol. The molecule has 0 bridgehead atoms. The van der Waals surface area contributed by atoms with Gasteiger partial charge < -0.3 is 4.90 Å². The normalized spacial score (nSPS) is 14.0. The van der Waals surface area contributed by atoms with Crippen molar-refractivity contribution in [3.63, 3.8) is 0 Å². The summed E-state index contributed by atoms with van der Waals surface area (Å²) in [6.07, 6.45) is 2.05. The van der Waals surface area contributed by atoms with Gasteiger partial charge >= 0.3 is 0 Å². The number of nitrogens with one attached hydrogen (secondary N) is 1. The van der Waals surface area contributed by atoms with E-state index in [0.717, 1.165) is 24.1 Å². The van der Waals surface area contributed by atoms with Crippen LogP contribution in [0.3, 0.4) is 0 Å². The van der Waals surface area contributed by atoms with Gasteiger partial charge in [0.05, 0.1) is 5.75 Å². The Labute approximate surface area is 152 Å². The number of nitrogens with zero attached hydrogens (tertiary/aromatic N) is 1. The highest BCUT2D eigenvalue weighted by atomic mass is 32.2. The lowest BCUT2D eigenvalue weighted by molar-refractivity contribution is -0.118. The van der Waals surface area contributed by atoms with Crippen LogP contribution < -0.4 is 9.62 Å². The van der Waals surface area contributed by atoms with Crippen LogP contribution in [-0.2, 0) is 27.0 Å². The van der Waals surface area contributed by atoms with Crippen LogP contribution in [0, 0.1) is 5.82 Å². The minimum absolute atomic E-state index is 0.0545. The molecule has 0 aliphatic carbocycles. The van der Waals surface area contributed by atoms with Gasteiger partial charge in [0.2, 0.25) is 15.9 Å². The van der Waals surface area contributed by atoms with Gasteiger partial charge in [-0.1, -0.05) is 25.1 Å². The van der Waals surface area contributed by atoms with Gasteiger partial charge in [0.25, 0.3) is 0 Å². The Morgan fingerprint density at radius 3 is 2.73 bits per heavy atom. The molecule has 7 heteroatoms. The standard InChI is InChI=1S/C19H21FN2O3S/c1-2-19(23)22-11-5-7-14-12-16(9-10-18(14)22)21-26(24,25)13-15-6-3-4-8-17(15)20/h3-4,6,8-10,12,21H,2,5,7,11,13H2,1H3. The van der Waals surface area contributed by atoms with Crippen molar-refractivity contribution in [2.24, 2.45) is 0 Å². The number of rotatable bonds is 5. The van der Waals surface area contributed by atoms with E-state index in [1.807, 2.05) is 6.92 Å². The van der Waals surface area contributed by atoms with Crippen molar-refractivity contribution in [3.05, 3.63) is 59.4 Å². The van der Waals surface area contributed by atoms with Gasteiger partial charge in [0.15, 0.2) is 0 Å². The first-order valence-electron chi connectivity index (χ1n) is 8.57. The number of fused-ring (bicyclic) bond motifs is 1. The van der Waals surface area contributed by atoms with Crippen molar-refractivity contribution < 1.29 is 17.6 Å². The number of halogens is 1. The van der Waals surface area contributed by atoms with Crippen LogP contribution in [0.4, 0.5) is 15.8 Å². The van der Waals surface area contributed by atoms with E-state index in [2.05, 4.69) is 4.72 Å². The number of aryl methyl sites for hydroxylation is 1. The Balaban J connectivity index is 1.80. The van der Waals surface area contributed by atoms with Crippen molar-refractivity contribution in [1.29, 1.82) is 0 Å². The maximum absolute atomic E-state index is 13.7. The second-order valence-corrected chi connectivity index (χ2v) is 8.02. The molecule has 0 radical (unpaired) electrons. The Morgan fingerprint density at radius 2 is 2.00 bits per heavy atom. The van der Waals surface area contributed by atoms with Crippen LogP contribution in [0.15, 0.2) is 42.5 Å². The SMILES string of the molecule is CCC(=O)N1CCCc2cc(NS(=O)(=O)Cc3ccccc3F)ccc21. The summed E-state index contributed by atoms with van der Waals surface area (Å²) >= 11 is 0. The molecule has 0 spiro atoms. The number of sulfonamides is 1. The minimum Gasteiger partial charge on any atom is -0.312 e. The smallest absolute Gasteiger partial charge is 0.237 e. The first kappa shape index (κ1) is 18.4. The molecule has 26 heavy (non-hydrogen) atoms. The molecule has 3 rings (SSSR count).